The summed E-state index contributed by atoms with van der Waals surface area (Å²) in [6.45, 7) is 2.17. The van der Waals surface area contributed by atoms with Crippen molar-refractivity contribution >= 4 is 35.4 Å². The van der Waals surface area contributed by atoms with Gasteiger partial charge in [0.05, 0.1) is 48.4 Å². The van der Waals surface area contributed by atoms with Crippen LogP contribution in [0.15, 0.2) is 35.3 Å². The van der Waals surface area contributed by atoms with Crippen LogP contribution < -0.4 is 25.3 Å². The molecular formula is C22H28Cl2N6O3. The number of piperidine rings is 1. The molecule has 2 heterocycles. The number of nitrogens with one attached hydrogen (secondary N) is 1. The number of nitrogens with zero attached hydrogens (tertiary/aromatic N) is 4. The maximum atomic E-state index is 6.38. The number of rotatable bonds is 9. The van der Waals surface area contributed by atoms with Crippen LogP contribution in [0.3, 0.4) is 0 Å². The second-order valence-corrected chi connectivity index (χ2v) is 8.23. The predicted octanol–water partition coefficient (Wildman–Crippen LogP) is 3.76. The molecule has 1 aliphatic heterocycles. The summed E-state index contributed by atoms with van der Waals surface area (Å²) in [5, 5.41) is 3.75. The molecule has 1 aromatic heterocycles. The molecule has 1 aliphatic rings. The molecule has 33 heavy (non-hydrogen) atoms. The molecule has 0 atom stereocenters. The fourth-order valence-electron chi connectivity index (χ4n) is 3.25. The van der Waals surface area contributed by atoms with Gasteiger partial charge in [0.25, 0.3) is 0 Å². The first-order valence-electron chi connectivity index (χ1n) is 10.4. The SMILES string of the molecule is COc1cc(OC)c(Cl)c(COc2cnc(NC(C=NC3CCN(C)CC3)=CN)nc2)c1Cl. The van der Waals surface area contributed by atoms with E-state index in [9.17, 15) is 0 Å². The van der Waals surface area contributed by atoms with E-state index in [1.807, 2.05) is 0 Å². The molecule has 2 aromatic rings. The molecule has 0 bridgehead atoms. The van der Waals surface area contributed by atoms with Gasteiger partial charge in [-0.15, -0.1) is 0 Å². The van der Waals surface area contributed by atoms with E-state index in [-0.39, 0.29) is 6.61 Å². The van der Waals surface area contributed by atoms with Crippen molar-refractivity contribution in [2.45, 2.75) is 25.5 Å². The summed E-state index contributed by atoms with van der Waals surface area (Å²) in [6, 6.07) is 1.92. The Morgan fingerprint density at radius 3 is 2.33 bits per heavy atom. The second-order valence-electron chi connectivity index (χ2n) is 7.48. The maximum absolute atomic E-state index is 6.38. The minimum atomic E-state index is 0.0819. The Balaban J connectivity index is 1.60. The third-order valence-electron chi connectivity index (χ3n) is 5.22. The number of aromatic nitrogens is 2. The van der Waals surface area contributed by atoms with Gasteiger partial charge in [0.1, 0.15) is 18.1 Å². The molecule has 0 aliphatic carbocycles. The van der Waals surface area contributed by atoms with E-state index in [0.29, 0.717) is 50.5 Å². The molecule has 0 saturated carbocycles. The van der Waals surface area contributed by atoms with Gasteiger partial charge >= 0.3 is 0 Å². The fourth-order valence-corrected chi connectivity index (χ4v) is 3.86. The van der Waals surface area contributed by atoms with Gasteiger partial charge in [-0.05, 0) is 33.0 Å². The minimum Gasteiger partial charge on any atom is -0.495 e. The Labute approximate surface area is 203 Å². The molecule has 1 saturated heterocycles. The second kappa shape index (κ2) is 11.9. The number of anilines is 1. The highest BCUT2D eigenvalue weighted by Gasteiger charge is 2.18. The summed E-state index contributed by atoms with van der Waals surface area (Å²) in [5.41, 5.74) is 6.88. The minimum absolute atomic E-state index is 0.0819. The van der Waals surface area contributed by atoms with E-state index in [0.717, 1.165) is 25.9 Å². The Kier molecular flexibility index (Phi) is 8.99. The van der Waals surface area contributed by atoms with Gasteiger partial charge < -0.3 is 30.2 Å². The summed E-state index contributed by atoms with van der Waals surface area (Å²) >= 11 is 12.8. The van der Waals surface area contributed by atoms with Crippen LogP contribution in [0, 0.1) is 0 Å². The molecular weight excluding hydrogens is 467 g/mol. The highest BCUT2D eigenvalue weighted by atomic mass is 35.5. The van der Waals surface area contributed by atoms with Gasteiger partial charge in [-0.25, -0.2) is 9.97 Å². The Morgan fingerprint density at radius 2 is 1.79 bits per heavy atom. The van der Waals surface area contributed by atoms with Crippen molar-refractivity contribution in [3.8, 4) is 17.2 Å². The molecule has 3 rings (SSSR count). The lowest BCUT2D eigenvalue weighted by molar-refractivity contribution is 0.257. The zero-order valence-corrected chi connectivity index (χ0v) is 20.4. The number of methoxy groups -OCH3 is 2. The smallest absolute Gasteiger partial charge is 0.227 e. The van der Waals surface area contributed by atoms with E-state index in [2.05, 4.69) is 32.2 Å². The van der Waals surface area contributed by atoms with Crippen molar-refractivity contribution in [3.63, 3.8) is 0 Å². The van der Waals surface area contributed by atoms with E-state index in [4.69, 9.17) is 43.1 Å². The standard InChI is InChI=1S/C22H28Cl2N6O3/c1-30-6-4-14(5-7-30)26-10-15(9-25)29-22-27-11-16(12-28-22)33-13-17-20(23)18(31-2)8-19(32-3)21(17)24/h8-12,14H,4-7,13,25H2,1-3H3,(H,27,28,29). The summed E-state index contributed by atoms with van der Waals surface area (Å²) in [5.74, 6) is 1.69. The van der Waals surface area contributed by atoms with Gasteiger partial charge in [0, 0.05) is 24.0 Å². The average Bonchev–Trinajstić information content (AvgIpc) is 2.83. The highest BCUT2D eigenvalue weighted by Crippen LogP contribution is 2.40. The lowest BCUT2D eigenvalue weighted by atomic mass is 10.1. The Hall–Kier alpha value is -2.75. The topological polar surface area (TPSA) is 107 Å². The third kappa shape index (κ3) is 6.63. The number of benzene rings is 1. The van der Waals surface area contributed by atoms with Gasteiger partial charge in [-0.3, -0.25) is 4.99 Å². The number of hydrogen-bond donors (Lipinski definition) is 2. The van der Waals surface area contributed by atoms with Crippen LogP contribution in [-0.4, -0.2) is 61.5 Å². The Morgan fingerprint density at radius 1 is 1.18 bits per heavy atom. The van der Waals surface area contributed by atoms with Crippen LogP contribution in [-0.2, 0) is 6.61 Å². The van der Waals surface area contributed by atoms with Crippen molar-refractivity contribution in [1.29, 1.82) is 0 Å². The summed E-state index contributed by atoms with van der Waals surface area (Å²) < 4.78 is 16.3. The largest absolute Gasteiger partial charge is 0.495 e. The summed E-state index contributed by atoms with van der Waals surface area (Å²) in [4.78, 5) is 15.5. The van der Waals surface area contributed by atoms with E-state index in [1.54, 1.807) is 12.3 Å². The predicted molar refractivity (Wildman–Crippen MR) is 131 cm³/mol. The molecule has 0 radical (unpaired) electrons. The highest BCUT2D eigenvalue weighted by molar-refractivity contribution is 6.37. The van der Waals surface area contributed by atoms with Crippen LogP contribution >= 0.6 is 23.2 Å². The van der Waals surface area contributed by atoms with Crippen LogP contribution in [0.5, 0.6) is 17.2 Å². The van der Waals surface area contributed by atoms with E-state index < -0.39 is 0 Å². The molecule has 0 spiro atoms. The molecule has 0 amide bonds. The number of hydrogen-bond acceptors (Lipinski definition) is 9. The first kappa shape index (κ1) is 24.9. The maximum Gasteiger partial charge on any atom is 0.227 e. The van der Waals surface area contributed by atoms with Gasteiger partial charge in [0.15, 0.2) is 5.75 Å². The number of aliphatic imine (C=N–C) groups is 1. The zero-order chi connectivity index (χ0) is 23.8. The Bertz CT molecular complexity index is 964. The van der Waals surface area contributed by atoms with Crippen LogP contribution in [0.2, 0.25) is 10.0 Å². The van der Waals surface area contributed by atoms with E-state index in [1.165, 1.54) is 32.8 Å². The first-order valence-corrected chi connectivity index (χ1v) is 11.1. The van der Waals surface area contributed by atoms with Crippen molar-refractivity contribution in [1.82, 2.24) is 14.9 Å². The molecule has 178 valence electrons. The van der Waals surface area contributed by atoms with Gasteiger partial charge in [-0.2, -0.15) is 0 Å². The normalized spacial score (nSPS) is 15.6. The quantitative estimate of drug-likeness (QED) is 0.507. The fraction of sp³-hybridized carbons (Fsp3) is 0.409. The van der Waals surface area contributed by atoms with Crippen molar-refractivity contribution in [3.05, 3.63) is 46.0 Å². The van der Waals surface area contributed by atoms with Gasteiger partial charge in [0.2, 0.25) is 5.95 Å². The molecule has 9 nitrogen and oxygen atoms in total. The summed E-state index contributed by atoms with van der Waals surface area (Å²) in [7, 11) is 5.15. The molecule has 1 aromatic carbocycles. The zero-order valence-electron chi connectivity index (χ0n) is 18.8. The summed E-state index contributed by atoms with van der Waals surface area (Å²) in [6.07, 6.45) is 8.30. The van der Waals surface area contributed by atoms with Crippen molar-refractivity contribution in [2.24, 2.45) is 10.7 Å². The number of likely N-dealkylation sites (tertiary alicyclic amines) is 1. The average molecular weight is 495 g/mol. The van der Waals surface area contributed by atoms with Crippen LogP contribution in [0.1, 0.15) is 18.4 Å². The van der Waals surface area contributed by atoms with Crippen molar-refractivity contribution in [2.75, 3.05) is 39.7 Å². The lowest BCUT2D eigenvalue weighted by Crippen LogP contribution is -2.32. The first-order chi connectivity index (χ1) is 15.9. The molecule has 0 unspecified atom stereocenters. The molecule has 11 heteroatoms. The monoisotopic (exact) mass is 494 g/mol. The van der Waals surface area contributed by atoms with Crippen LogP contribution in [0.25, 0.3) is 0 Å². The number of halogens is 2. The van der Waals surface area contributed by atoms with Gasteiger partial charge in [-0.1, -0.05) is 23.2 Å². The molecule has 1 fully saturated rings. The number of nitrogens with two attached hydrogens (primary N) is 1. The molecule has 3 N–H and O–H groups in total. The van der Waals surface area contributed by atoms with Crippen molar-refractivity contribution < 1.29 is 14.2 Å². The van der Waals surface area contributed by atoms with E-state index >= 15 is 0 Å². The number of allylic oxidation sites excluding steroid dienone is 1. The lowest BCUT2D eigenvalue weighted by Gasteiger charge is -2.26. The third-order valence-corrected chi connectivity index (χ3v) is 6.05. The number of ether oxygens (including phenoxy) is 3. The van der Waals surface area contributed by atoms with Crippen LogP contribution in [0.4, 0.5) is 5.95 Å².